The van der Waals surface area contributed by atoms with Gasteiger partial charge in [-0.05, 0) is 0 Å². The van der Waals surface area contributed by atoms with E-state index in [9.17, 15) is 8.42 Å². The first-order valence-corrected chi connectivity index (χ1v) is 13.0. The SMILES string of the molecule is CCOc1ccccc1OCC[As]C(C)Cc1ccc(OC)c(S(N)(=O)=O)c1.Cl. The molecular formula is C20H28AsClNO5S. The zero-order valence-electron chi connectivity index (χ0n) is 16.8. The maximum atomic E-state index is 11.7. The minimum Gasteiger partial charge on any atom is -0.147 e. The molecule has 0 amide bonds. The summed E-state index contributed by atoms with van der Waals surface area (Å²) in [7, 11) is -2.38. The van der Waals surface area contributed by atoms with Crippen molar-refractivity contribution in [2.75, 3.05) is 20.3 Å². The van der Waals surface area contributed by atoms with Gasteiger partial charge in [-0.25, -0.2) is 0 Å². The average Bonchev–Trinajstić information content (AvgIpc) is 2.66. The van der Waals surface area contributed by atoms with Crippen molar-refractivity contribution in [1.29, 1.82) is 0 Å². The van der Waals surface area contributed by atoms with E-state index in [1.54, 1.807) is 12.1 Å². The summed E-state index contributed by atoms with van der Waals surface area (Å²) < 4.78 is 40.5. The number of hydrogen-bond donors (Lipinski definition) is 1. The predicted octanol–water partition coefficient (Wildman–Crippen LogP) is 3.72. The second-order valence-corrected chi connectivity index (χ2v) is 11.3. The standard InChI is InChI=1S/C20H27AsNO5S.ClH/c1-4-26-17-7-5-6-8-18(17)27-12-11-21-15(2)13-16-9-10-19(25-3)20(14-16)28(22,23)24;/h5-10,14-15H,4,11-13H2,1-3H3,(H2,22,23,24);1H. The van der Waals surface area contributed by atoms with Gasteiger partial charge in [-0.2, -0.15) is 0 Å². The van der Waals surface area contributed by atoms with Crippen LogP contribution in [0.3, 0.4) is 0 Å². The zero-order valence-corrected chi connectivity index (χ0v) is 20.3. The maximum absolute atomic E-state index is 11.7. The number of benzene rings is 2. The Bertz CT molecular complexity index is 879. The maximum Gasteiger partial charge on any atom is -0.147 e. The molecule has 0 aliphatic carbocycles. The molecule has 1 unspecified atom stereocenters. The number of primary sulfonamides is 1. The molecule has 0 spiro atoms. The normalized spacial score (nSPS) is 12.4. The molecule has 0 aliphatic rings. The molecular weight excluding hydrogens is 477 g/mol. The van der Waals surface area contributed by atoms with Crippen LogP contribution in [0.15, 0.2) is 47.4 Å². The Hall–Kier alpha value is -1.40. The van der Waals surface area contributed by atoms with Gasteiger partial charge in [0.25, 0.3) is 0 Å². The van der Waals surface area contributed by atoms with Gasteiger partial charge in [-0.3, -0.25) is 0 Å². The van der Waals surface area contributed by atoms with Crippen molar-refractivity contribution in [1.82, 2.24) is 0 Å². The van der Waals surface area contributed by atoms with Crippen LogP contribution >= 0.6 is 12.4 Å². The van der Waals surface area contributed by atoms with Gasteiger partial charge in [-0.15, -0.1) is 12.4 Å². The van der Waals surface area contributed by atoms with Gasteiger partial charge in [-0.1, -0.05) is 0 Å². The Kier molecular flexibility index (Phi) is 10.9. The molecule has 2 aromatic carbocycles. The van der Waals surface area contributed by atoms with Crippen molar-refractivity contribution in [2.45, 2.75) is 35.1 Å². The monoisotopic (exact) mass is 504 g/mol. The number of nitrogens with two attached hydrogens (primary N) is 1. The van der Waals surface area contributed by atoms with Gasteiger partial charge >= 0.3 is 174 Å². The molecule has 0 fully saturated rings. The van der Waals surface area contributed by atoms with Gasteiger partial charge in [0.1, 0.15) is 0 Å². The van der Waals surface area contributed by atoms with Crippen LogP contribution in [-0.2, 0) is 16.4 Å². The summed E-state index contributed by atoms with van der Waals surface area (Å²) in [5.74, 6) is 1.81. The van der Waals surface area contributed by atoms with Gasteiger partial charge < -0.3 is 0 Å². The van der Waals surface area contributed by atoms with E-state index in [4.69, 9.17) is 19.3 Å². The Morgan fingerprint density at radius 3 is 2.31 bits per heavy atom. The molecule has 29 heavy (non-hydrogen) atoms. The second kappa shape index (κ2) is 12.3. The van der Waals surface area contributed by atoms with Crippen LogP contribution in [0.5, 0.6) is 17.2 Å². The van der Waals surface area contributed by atoms with Gasteiger partial charge in [0, 0.05) is 0 Å². The third-order valence-corrected chi connectivity index (χ3v) is 7.55. The molecule has 0 aliphatic heterocycles. The largest absolute Gasteiger partial charge is 0.147 e. The van der Waals surface area contributed by atoms with Crippen LogP contribution in [-0.4, -0.2) is 44.5 Å². The van der Waals surface area contributed by atoms with E-state index in [0.717, 1.165) is 28.7 Å². The smallest absolute Gasteiger partial charge is 0.147 e. The van der Waals surface area contributed by atoms with Crippen molar-refractivity contribution in [3.05, 3.63) is 48.0 Å². The number of sulfonamides is 1. The molecule has 9 heteroatoms. The van der Waals surface area contributed by atoms with E-state index in [-0.39, 0.29) is 38.8 Å². The van der Waals surface area contributed by atoms with E-state index >= 15 is 0 Å². The number of hydrogen-bond acceptors (Lipinski definition) is 5. The topological polar surface area (TPSA) is 87.8 Å². The summed E-state index contributed by atoms with van der Waals surface area (Å²) in [5.41, 5.74) is 0.940. The summed E-state index contributed by atoms with van der Waals surface area (Å²) in [6.45, 7) is 5.36. The molecule has 0 saturated carbocycles. The van der Waals surface area contributed by atoms with Crippen LogP contribution in [0, 0.1) is 0 Å². The molecule has 2 N–H and O–H groups in total. The van der Waals surface area contributed by atoms with E-state index in [0.29, 0.717) is 17.9 Å². The summed E-state index contributed by atoms with van der Waals surface area (Å²) in [5, 5.41) is 6.27. The minimum absolute atomic E-state index is 0. The molecule has 0 heterocycles. The number of ether oxygens (including phenoxy) is 3. The van der Waals surface area contributed by atoms with Crippen LogP contribution in [0.1, 0.15) is 19.4 Å². The Morgan fingerprint density at radius 1 is 1.07 bits per heavy atom. The van der Waals surface area contributed by atoms with Crippen molar-refractivity contribution in [3.8, 4) is 17.2 Å². The fourth-order valence-corrected chi connectivity index (χ4v) is 5.55. The summed E-state index contributed by atoms with van der Waals surface area (Å²) in [6.07, 6.45) is 0.794. The van der Waals surface area contributed by atoms with Crippen molar-refractivity contribution in [2.24, 2.45) is 5.14 Å². The Balaban J connectivity index is 0.00000420. The predicted molar refractivity (Wildman–Crippen MR) is 118 cm³/mol. The van der Waals surface area contributed by atoms with Crippen LogP contribution < -0.4 is 19.3 Å². The third kappa shape index (κ3) is 8.09. The second-order valence-electron chi connectivity index (χ2n) is 6.22. The van der Waals surface area contributed by atoms with E-state index in [2.05, 4.69) is 6.92 Å². The molecule has 0 aromatic heterocycles. The van der Waals surface area contributed by atoms with E-state index < -0.39 is 10.0 Å². The fourth-order valence-electron chi connectivity index (χ4n) is 2.75. The van der Waals surface area contributed by atoms with Crippen molar-refractivity contribution >= 4 is 38.2 Å². The Labute approximate surface area is 186 Å². The number of rotatable bonds is 11. The van der Waals surface area contributed by atoms with Gasteiger partial charge in [0.2, 0.25) is 0 Å². The molecule has 6 nitrogen and oxygen atoms in total. The van der Waals surface area contributed by atoms with Gasteiger partial charge in [0.15, 0.2) is 0 Å². The van der Waals surface area contributed by atoms with Crippen LogP contribution in [0.2, 0.25) is 9.91 Å². The first-order chi connectivity index (χ1) is 13.3. The first-order valence-electron chi connectivity index (χ1n) is 9.06. The van der Waals surface area contributed by atoms with Gasteiger partial charge in [0.05, 0.1) is 0 Å². The Morgan fingerprint density at radius 2 is 1.72 bits per heavy atom. The molecule has 0 saturated heterocycles. The van der Waals surface area contributed by atoms with E-state index in [1.807, 2.05) is 37.3 Å². The summed E-state index contributed by atoms with van der Waals surface area (Å²) in [4.78, 5) is 0.0341. The zero-order chi connectivity index (χ0) is 20.6. The molecule has 1 atom stereocenters. The van der Waals surface area contributed by atoms with Crippen LogP contribution in [0.4, 0.5) is 0 Å². The van der Waals surface area contributed by atoms with Crippen molar-refractivity contribution in [3.63, 3.8) is 0 Å². The molecule has 2 aromatic rings. The number of methoxy groups -OCH3 is 1. The molecule has 0 bridgehead atoms. The third-order valence-electron chi connectivity index (χ3n) is 4.00. The fraction of sp³-hybridized carbons (Fsp3) is 0.400. The minimum atomic E-state index is -3.81. The summed E-state index contributed by atoms with van der Waals surface area (Å²) >= 11 is 0.0482. The molecule has 161 valence electrons. The molecule has 2 rings (SSSR count). The van der Waals surface area contributed by atoms with E-state index in [1.165, 1.54) is 7.11 Å². The first kappa shape index (κ1) is 25.6. The summed E-state index contributed by atoms with van der Waals surface area (Å²) in [6, 6.07) is 12.8. The number of halogens is 1. The van der Waals surface area contributed by atoms with Crippen LogP contribution in [0.25, 0.3) is 0 Å². The molecule has 1 radical (unpaired) electrons. The average molecular weight is 505 g/mol. The quantitative estimate of drug-likeness (QED) is 0.372. The number of para-hydroxylation sites is 2. The van der Waals surface area contributed by atoms with Crippen molar-refractivity contribution < 1.29 is 22.6 Å².